The van der Waals surface area contributed by atoms with E-state index in [1.54, 1.807) is 13.0 Å². The van der Waals surface area contributed by atoms with E-state index in [0.717, 1.165) is 5.69 Å². The predicted octanol–water partition coefficient (Wildman–Crippen LogP) is 1.61. The van der Waals surface area contributed by atoms with Gasteiger partial charge < -0.3 is 9.67 Å². The molecule has 13 heavy (non-hydrogen) atoms. The van der Waals surface area contributed by atoms with E-state index in [0.29, 0.717) is 6.04 Å². The fraction of sp³-hybridized carbons (Fsp3) is 0.500. The van der Waals surface area contributed by atoms with Crippen molar-refractivity contribution in [3.8, 4) is 0 Å². The summed E-state index contributed by atoms with van der Waals surface area (Å²) in [6.07, 6.45) is 9.52. The molecule has 0 bridgehead atoms. The lowest BCUT2D eigenvalue weighted by Crippen LogP contribution is -1.96. The highest BCUT2D eigenvalue weighted by atomic mass is 16.3. The third-order valence-electron chi connectivity index (χ3n) is 2.18. The second-order valence-electron chi connectivity index (χ2n) is 3.56. The van der Waals surface area contributed by atoms with Gasteiger partial charge in [-0.3, -0.25) is 0 Å². The quantitative estimate of drug-likeness (QED) is 0.763. The van der Waals surface area contributed by atoms with Gasteiger partial charge in [-0.25, -0.2) is 4.98 Å². The van der Waals surface area contributed by atoms with Crippen LogP contribution < -0.4 is 0 Å². The van der Waals surface area contributed by atoms with Crippen molar-refractivity contribution in [1.29, 1.82) is 0 Å². The van der Waals surface area contributed by atoms with Gasteiger partial charge in [-0.15, -0.1) is 0 Å². The molecule has 70 valence electrons. The largest absolute Gasteiger partial charge is 0.389 e. The van der Waals surface area contributed by atoms with Gasteiger partial charge >= 0.3 is 0 Å². The topological polar surface area (TPSA) is 38.1 Å². The Morgan fingerprint density at radius 1 is 1.69 bits per heavy atom. The van der Waals surface area contributed by atoms with Crippen LogP contribution in [0.5, 0.6) is 0 Å². The van der Waals surface area contributed by atoms with Crippen LogP contribution in [0.4, 0.5) is 0 Å². The van der Waals surface area contributed by atoms with E-state index in [2.05, 4.69) is 9.55 Å². The molecule has 1 heterocycles. The van der Waals surface area contributed by atoms with Crippen LogP contribution >= 0.6 is 0 Å². The molecule has 1 saturated carbocycles. The third-order valence-corrected chi connectivity index (χ3v) is 2.18. The number of rotatable bonds is 3. The first-order valence-electron chi connectivity index (χ1n) is 4.65. The zero-order chi connectivity index (χ0) is 9.26. The van der Waals surface area contributed by atoms with Crippen molar-refractivity contribution >= 4 is 6.08 Å². The highest BCUT2D eigenvalue weighted by molar-refractivity contribution is 5.44. The summed E-state index contributed by atoms with van der Waals surface area (Å²) < 4.78 is 2.17. The standard InChI is InChI=1S/C10H14N2O/c1-8(13)2-3-10-6-11-7-12(10)9-4-5-9/h2-3,6-9,13H,4-5H2,1H3/b3-2+. The molecule has 0 saturated heterocycles. The zero-order valence-corrected chi connectivity index (χ0v) is 7.72. The van der Waals surface area contributed by atoms with Crippen LogP contribution in [-0.2, 0) is 0 Å². The number of hydrogen-bond acceptors (Lipinski definition) is 2. The van der Waals surface area contributed by atoms with Crippen molar-refractivity contribution in [1.82, 2.24) is 9.55 Å². The van der Waals surface area contributed by atoms with Gasteiger partial charge in [0.2, 0.25) is 0 Å². The highest BCUT2D eigenvalue weighted by Crippen LogP contribution is 2.35. The molecule has 0 amide bonds. The fourth-order valence-corrected chi connectivity index (χ4v) is 1.34. The Labute approximate surface area is 77.7 Å². The van der Waals surface area contributed by atoms with Crippen LogP contribution in [0.1, 0.15) is 31.5 Å². The molecule has 2 rings (SSSR count). The van der Waals surface area contributed by atoms with Crippen molar-refractivity contribution in [2.45, 2.75) is 31.9 Å². The van der Waals surface area contributed by atoms with Gasteiger partial charge in [0, 0.05) is 6.04 Å². The molecule has 0 aromatic carbocycles. The van der Waals surface area contributed by atoms with Crippen LogP contribution in [0, 0.1) is 0 Å². The Bertz CT molecular complexity index is 310. The Morgan fingerprint density at radius 3 is 3.08 bits per heavy atom. The number of aromatic nitrogens is 2. The maximum absolute atomic E-state index is 9.08. The minimum atomic E-state index is -0.387. The Balaban J connectivity index is 2.14. The monoisotopic (exact) mass is 178 g/mol. The van der Waals surface area contributed by atoms with E-state index in [-0.39, 0.29) is 6.10 Å². The third kappa shape index (κ3) is 1.98. The molecule has 1 atom stereocenters. The van der Waals surface area contributed by atoms with E-state index >= 15 is 0 Å². The van der Waals surface area contributed by atoms with Crippen LogP contribution in [0.25, 0.3) is 6.08 Å². The summed E-state index contributed by atoms with van der Waals surface area (Å²) in [5, 5.41) is 9.08. The summed E-state index contributed by atoms with van der Waals surface area (Å²) in [6, 6.07) is 0.649. The maximum Gasteiger partial charge on any atom is 0.0953 e. The van der Waals surface area contributed by atoms with E-state index in [4.69, 9.17) is 5.11 Å². The Hall–Kier alpha value is -1.09. The first-order chi connectivity index (χ1) is 6.27. The normalized spacial score (nSPS) is 19.5. The van der Waals surface area contributed by atoms with Gasteiger partial charge in [-0.05, 0) is 25.8 Å². The number of imidazole rings is 1. The van der Waals surface area contributed by atoms with Gasteiger partial charge in [0.15, 0.2) is 0 Å². The molecule has 1 aromatic heterocycles. The number of aliphatic hydroxyl groups is 1. The molecule has 0 spiro atoms. The molecule has 0 radical (unpaired) electrons. The molecule has 1 aliphatic rings. The average molecular weight is 178 g/mol. The molecular weight excluding hydrogens is 164 g/mol. The van der Waals surface area contributed by atoms with Gasteiger partial charge in [0.1, 0.15) is 0 Å². The first kappa shape index (κ1) is 8.51. The van der Waals surface area contributed by atoms with E-state index in [1.807, 2.05) is 18.6 Å². The zero-order valence-electron chi connectivity index (χ0n) is 7.72. The van der Waals surface area contributed by atoms with E-state index in [9.17, 15) is 0 Å². The van der Waals surface area contributed by atoms with Crippen molar-refractivity contribution in [3.63, 3.8) is 0 Å². The van der Waals surface area contributed by atoms with Gasteiger partial charge in [0.25, 0.3) is 0 Å². The second kappa shape index (κ2) is 3.34. The predicted molar refractivity (Wildman–Crippen MR) is 51.2 cm³/mol. The van der Waals surface area contributed by atoms with Crippen molar-refractivity contribution in [2.24, 2.45) is 0 Å². The van der Waals surface area contributed by atoms with Crippen LogP contribution in [-0.4, -0.2) is 20.8 Å². The number of aliphatic hydroxyl groups excluding tert-OH is 1. The van der Waals surface area contributed by atoms with Gasteiger partial charge in [-0.1, -0.05) is 6.08 Å². The molecule has 3 heteroatoms. The first-order valence-corrected chi connectivity index (χ1v) is 4.65. The molecule has 3 nitrogen and oxygen atoms in total. The summed E-state index contributed by atoms with van der Waals surface area (Å²) in [5.74, 6) is 0. The summed E-state index contributed by atoms with van der Waals surface area (Å²) in [4.78, 5) is 4.09. The van der Waals surface area contributed by atoms with E-state index in [1.165, 1.54) is 12.8 Å². The molecule has 1 N–H and O–H groups in total. The molecule has 0 aliphatic heterocycles. The number of hydrogen-bond donors (Lipinski definition) is 1. The fourth-order valence-electron chi connectivity index (χ4n) is 1.34. The molecule has 1 fully saturated rings. The van der Waals surface area contributed by atoms with Gasteiger partial charge in [0.05, 0.1) is 24.3 Å². The lowest BCUT2D eigenvalue weighted by atomic mass is 10.3. The lowest BCUT2D eigenvalue weighted by Gasteiger charge is -2.01. The maximum atomic E-state index is 9.08. The van der Waals surface area contributed by atoms with Crippen molar-refractivity contribution in [2.75, 3.05) is 0 Å². The number of nitrogens with zero attached hydrogens (tertiary/aromatic N) is 2. The molecular formula is C10H14N2O. The smallest absolute Gasteiger partial charge is 0.0953 e. The Morgan fingerprint density at radius 2 is 2.46 bits per heavy atom. The molecule has 1 aromatic rings. The van der Waals surface area contributed by atoms with E-state index < -0.39 is 0 Å². The van der Waals surface area contributed by atoms with Crippen LogP contribution in [0.15, 0.2) is 18.6 Å². The molecule has 1 unspecified atom stereocenters. The minimum Gasteiger partial charge on any atom is -0.389 e. The summed E-state index contributed by atoms with van der Waals surface area (Å²) in [5.41, 5.74) is 1.09. The summed E-state index contributed by atoms with van der Waals surface area (Å²) in [7, 11) is 0. The van der Waals surface area contributed by atoms with Crippen LogP contribution in [0.2, 0.25) is 0 Å². The summed E-state index contributed by atoms with van der Waals surface area (Å²) >= 11 is 0. The Kier molecular flexibility index (Phi) is 2.19. The second-order valence-corrected chi connectivity index (χ2v) is 3.56. The van der Waals surface area contributed by atoms with Gasteiger partial charge in [-0.2, -0.15) is 0 Å². The van der Waals surface area contributed by atoms with Crippen molar-refractivity contribution in [3.05, 3.63) is 24.3 Å². The average Bonchev–Trinajstić information content (AvgIpc) is 2.82. The minimum absolute atomic E-state index is 0.387. The molecule has 1 aliphatic carbocycles. The summed E-state index contributed by atoms with van der Waals surface area (Å²) in [6.45, 7) is 1.74. The highest BCUT2D eigenvalue weighted by Gasteiger charge is 2.24. The lowest BCUT2D eigenvalue weighted by molar-refractivity contribution is 0.245. The van der Waals surface area contributed by atoms with Crippen LogP contribution in [0.3, 0.4) is 0 Å². The van der Waals surface area contributed by atoms with Crippen molar-refractivity contribution < 1.29 is 5.11 Å². The SMILES string of the molecule is CC(O)/C=C/c1cncn1C1CC1.